The van der Waals surface area contributed by atoms with Gasteiger partial charge in [-0.2, -0.15) is 5.10 Å². The molecule has 0 bridgehead atoms. The first-order chi connectivity index (χ1) is 15.8. The van der Waals surface area contributed by atoms with Crippen molar-refractivity contribution in [2.24, 2.45) is 0 Å². The maximum Gasteiger partial charge on any atom is 0.229 e. The molecule has 1 atom stereocenters. The predicted octanol–water partition coefficient (Wildman–Crippen LogP) is 4.77. The second-order valence-electron chi connectivity index (χ2n) is 7.82. The van der Waals surface area contributed by atoms with E-state index in [-0.39, 0.29) is 6.79 Å². The lowest BCUT2D eigenvalue weighted by Gasteiger charge is -2.35. The summed E-state index contributed by atoms with van der Waals surface area (Å²) in [5.41, 5.74) is 4.98. The summed E-state index contributed by atoms with van der Waals surface area (Å²) in [5.74, 6) is 0.697. The summed E-state index contributed by atoms with van der Waals surface area (Å²) in [6.07, 6.45) is 7.17. The first-order valence-corrected chi connectivity index (χ1v) is 10.4. The zero-order chi connectivity index (χ0) is 21.5. The van der Waals surface area contributed by atoms with Crippen LogP contribution in [0, 0.1) is 6.92 Å². The molecule has 6 nitrogen and oxygen atoms in total. The third-order valence-corrected chi connectivity index (χ3v) is 6.09. The molecule has 32 heavy (non-hydrogen) atoms. The van der Waals surface area contributed by atoms with Crippen LogP contribution in [0.25, 0.3) is 16.6 Å². The van der Waals surface area contributed by atoms with Crippen LogP contribution in [0.4, 0.5) is 0 Å². The standard InChI is InChI=1S/C26H20N4O2/c1-18-6-2-3-8-21(18)26(24-16-31-17-32-24,23-15-28-25-9-5-13-29-30(23)25)20-10-11-22-19(14-20)7-4-12-27-22/h2-16H,17H2,1H3. The molecule has 1 aliphatic rings. The number of hydrogen-bond donors (Lipinski definition) is 0. The minimum absolute atomic E-state index is 0.169. The highest BCUT2D eigenvalue weighted by atomic mass is 16.7. The Balaban J connectivity index is 1.78. The van der Waals surface area contributed by atoms with Crippen molar-refractivity contribution in [1.29, 1.82) is 0 Å². The molecule has 6 rings (SSSR count). The van der Waals surface area contributed by atoms with Crippen LogP contribution in [0.2, 0.25) is 0 Å². The van der Waals surface area contributed by atoms with Gasteiger partial charge in [0.1, 0.15) is 11.7 Å². The molecule has 0 amide bonds. The Morgan fingerprint density at radius 2 is 1.84 bits per heavy atom. The van der Waals surface area contributed by atoms with Crippen molar-refractivity contribution >= 4 is 16.6 Å². The minimum Gasteiger partial charge on any atom is -0.462 e. The molecule has 0 saturated carbocycles. The van der Waals surface area contributed by atoms with Crippen LogP contribution in [-0.4, -0.2) is 26.4 Å². The normalized spacial score (nSPS) is 15.2. The van der Waals surface area contributed by atoms with Gasteiger partial charge in [0.15, 0.2) is 11.4 Å². The van der Waals surface area contributed by atoms with Gasteiger partial charge in [0.05, 0.1) is 17.4 Å². The van der Waals surface area contributed by atoms with E-state index in [1.807, 2.05) is 47.1 Å². The highest BCUT2D eigenvalue weighted by Crippen LogP contribution is 2.48. The number of aromatic nitrogens is 4. The van der Waals surface area contributed by atoms with Crippen LogP contribution >= 0.6 is 0 Å². The molecule has 0 fully saturated rings. The Bertz CT molecular complexity index is 1490. The van der Waals surface area contributed by atoms with Gasteiger partial charge < -0.3 is 9.47 Å². The van der Waals surface area contributed by atoms with Crippen molar-refractivity contribution in [3.05, 3.63) is 120 Å². The second-order valence-corrected chi connectivity index (χ2v) is 7.82. The molecule has 6 heteroatoms. The van der Waals surface area contributed by atoms with Gasteiger partial charge >= 0.3 is 0 Å². The van der Waals surface area contributed by atoms with E-state index in [0.29, 0.717) is 5.76 Å². The maximum atomic E-state index is 6.12. The van der Waals surface area contributed by atoms with E-state index in [9.17, 15) is 0 Å². The summed E-state index contributed by atoms with van der Waals surface area (Å²) in [7, 11) is 0. The molecule has 2 aromatic carbocycles. The Hall–Kier alpha value is -4.19. The van der Waals surface area contributed by atoms with Crippen LogP contribution in [0.3, 0.4) is 0 Å². The van der Waals surface area contributed by atoms with Crippen LogP contribution < -0.4 is 0 Å². The molecule has 3 aromatic heterocycles. The lowest BCUT2D eigenvalue weighted by molar-refractivity contribution is 0.0719. The van der Waals surface area contributed by atoms with Gasteiger partial charge in [-0.05, 0) is 53.9 Å². The van der Waals surface area contributed by atoms with E-state index < -0.39 is 5.41 Å². The Kier molecular flexibility index (Phi) is 4.18. The number of rotatable bonds is 4. The zero-order valence-electron chi connectivity index (χ0n) is 17.5. The molecule has 5 aromatic rings. The quantitative estimate of drug-likeness (QED) is 0.419. The average molecular weight is 420 g/mol. The van der Waals surface area contributed by atoms with E-state index in [1.165, 1.54) is 0 Å². The summed E-state index contributed by atoms with van der Waals surface area (Å²) in [4.78, 5) is 9.17. The summed E-state index contributed by atoms with van der Waals surface area (Å²) in [5, 5.41) is 5.69. The van der Waals surface area contributed by atoms with Crippen molar-refractivity contribution in [3.63, 3.8) is 0 Å². The number of allylic oxidation sites excluding steroid dienone is 1. The molecular formula is C26H20N4O2. The fraction of sp³-hybridized carbons (Fsp3) is 0.115. The van der Waals surface area contributed by atoms with Crippen molar-refractivity contribution in [1.82, 2.24) is 19.6 Å². The molecule has 0 spiro atoms. The van der Waals surface area contributed by atoms with Gasteiger partial charge in [-0.3, -0.25) is 4.98 Å². The van der Waals surface area contributed by atoms with Crippen molar-refractivity contribution in [2.75, 3.05) is 6.79 Å². The molecule has 1 aliphatic heterocycles. The van der Waals surface area contributed by atoms with E-state index >= 15 is 0 Å². The smallest absolute Gasteiger partial charge is 0.229 e. The summed E-state index contributed by atoms with van der Waals surface area (Å²) in [6.45, 7) is 2.28. The Labute approximate surface area is 184 Å². The van der Waals surface area contributed by atoms with Gasteiger partial charge in [-0.25, -0.2) is 9.50 Å². The number of ether oxygens (including phenoxy) is 2. The Morgan fingerprint density at radius 3 is 2.72 bits per heavy atom. The fourth-order valence-corrected chi connectivity index (χ4v) is 4.67. The third kappa shape index (κ3) is 2.62. The summed E-state index contributed by atoms with van der Waals surface area (Å²) in [6, 6.07) is 22.5. The molecule has 0 saturated heterocycles. The van der Waals surface area contributed by atoms with Crippen molar-refractivity contribution < 1.29 is 9.47 Å². The van der Waals surface area contributed by atoms with Gasteiger partial charge in [-0.1, -0.05) is 36.4 Å². The highest BCUT2D eigenvalue weighted by molar-refractivity contribution is 5.80. The molecule has 1 unspecified atom stereocenters. The van der Waals surface area contributed by atoms with Crippen LogP contribution in [-0.2, 0) is 14.9 Å². The topological polar surface area (TPSA) is 61.5 Å². The number of benzene rings is 2. The number of aryl methyl sites for hydroxylation is 1. The number of pyridine rings is 1. The van der Waals surface area contributed by atoms with Gasteiger partial charge in [0.2, 0.25) is 6.79 Å². The van der Waals surface area contributed by atoms with Crippen LogP contribution in [0.1, 0.15) is 22.4 Å². The average Bonchev–Trinajstić information content (AvgIpc) is 3.52. The van der Waals surface area contributed by atoms with E-state index in [0.717, 1.165) is 38.9 Å². The zero-order valence-corrected chi connectivity index (χ0v) is 17.5. The molecule has 0 radical (unpaired) electrons. The number of nitrogens with zero attached hydrogens (tertiary/aromatic N) is 4. The predicted molar refractivity (Wildman–Crippen MR) is 121 cm³/mol. The monoisotopic (exact) mass is 420 g/mol. The second kappa shape index (κ2) is 7.20. The van der Waals surface area contributed by atoms with Gasteiger partial charge in [0.25, 0.3) is 0 Å². The van der Waals surface area contributed by atoms with E-state index in [2.05, 4.69) is 52.3 Å². The maximum absolute atomic E-state index is 6.12. The largest absolute Gasteiger partial charge is 0.462 e. The van der Waals surface area contributed by atoms with Gasteiger partial charge in [0, 0.05) is 17.8 Å². The summed E-state index contributed by atoms with van der Waals surface area (Å²) >= 11 is 0. The highest BCUT2D eigenvalue weighted by Gasteiger charge is 2.47. The SMILES string of the molecule is Cc1ccccc1C(C1=COCO1)(c1ccc2ncccc2c1)c1cnc2cccnn12. The minimum atomic E-state index is -0.820. The Morgan fingerprint density at radius 1 is 0.938 bits per heavy atom. The summed E-state index contributed by atoms with van der Waals surface area (Å²) < 4.78 is 13.6. The van der Waals surface area contributed by atoms with Crippen molar-refractivity contribution in [3.8, 4) is 0 Å². The van der Waals surface area contributed by atoms with E-state index in [4.69, 9.17) is 9.47 Å². The molecule has 0 aliphatic carbocycles. The van der Waals surface area contributed by atoms with Crippen LogP contribution in [0.15, 0.2) is 97.3 Å². The first-order valence-electron chi connectivity index (χ1n) is 10.4. The molecule has 156 valence electrons. The molecular weight excluding hydrogens is 400 g/mol. The third-order valence-electron chi connectivity index (χ3n) is 6.09. The fourth-order valence-electron chi connectivity index (χ4n) is 4.67. The lowest BCUT2D eigenvalue weighted by atomic mass is 9.69. The van der Waals surface area contributed by atoms with E-state index in [1.54, 1.807) is 18.7 Å². The van der Waals surface area contributed by atoms with Crippen molar-refractivity contribution in [2.45, 2.75) is 12.3 Å². The van der Waals surface area contributed by atoms with Gasteiger partial charge in [-0.15, -0.1) is 0 Å². The lowest BCUT2D eigenvalue weighted by Crippen LogP contribution is -2.35. The van der Waals surface area contributed by atoms with Crippen LogP contribution in [0.5, 0.6) is 0 Å². The molecule has 4 heterocycles. The number of fused-ring (bicyclic) bond motifs is 2. The number of hydrogen-bond acceptors (Lipinski definition) is 5. The molecule has 0 N–H and O–H groups in total. The first kappa shape index (κ1) is 18.6. The number of imidazole rings is 1.